The third-order valence-electron chi connectivity index (χ3n) is 4.04. The van der Waals surface area contributed by atoms with Crippen molar-refractivity contribution in [3.63, 3.8) is 0 Å². The lowest BCUT2D eigenvalue weighted by molar-refractivity contribution is -0.159. The molecule has 0 aliphatic carbocycles. The van der Waals surface area contributed by atoms with E-state index < -0.39 is 17.9 Å². The van der Waals surface area contributed by atoms with E-state index in [2.05, 4.69) is 14.7 Å². The number of nitrogens with zero attached hydrogens (tertiary/aromatic N) is 3. The largest absolute Gasteiger partial charge is 0.489 e. The van der Waals surface area contributed by atoms with Crippen molar-refractivity contribution >= 4 is 0 Å². The second kappa shape index (κ2) is 8.41. The van der Waals surface area contributed by atoms with Crippen LogP contribution in [0.5, 0.6) is 11.5 Å². The minimum atomic E-state index is -4.72. The predicted octanol–water partition coefficient (Wildman–Crippen LogP) is 4.84. The van der Waals surface area contributed by atoms with Crippen LogP contribution in [0.15, 0.2) is 34.9 Å². The molecular formula is C20H15F4N3O3. The van der Waals surface area contributed by atoms with Crippen molar-refractivity contribution in [1.82, 2.24) is 10.1 Å². The first-order valence-corrected chi connectivity index (χ1v) is 8.67. The van der Waals surface area contributed by atoms with Gasteiger partial charge in [0.2, 0.25) is 5.82 Å². The maximum Gasteiger partial charge on any atom is 0.471 e. The van der Waals surface area contributed by atoms with Crippen LogP contribution in [0.25, 0.3) is 11.4 Å². The van der Waals surface area contributed by atoms with Crippen LogP contribution in [0.4, 0.5) is 17.6 Å². The summed E-state index contributed by atoms with van der Waals surface area (Å²) in [4.78, 5) is 3.37. The van der Waals surface area contributed by atoms with Gasteiger partial charge in [-0.1, -0.05) is 5.16 Å². The van der Waals surface area contributed by atoms with Crippen LogP contribution < -0.4 is 9.47 Å². The minimum absolute atomic E-state index is 0.000956. The smallest absolute Gasteiger partial charge is 0.471 e. The van der Waals surface area contributed by atoms with E-state index >= 15 is 0 Å². The van der Waals surface area contributed by atoms with Crippen LogP contribution >= 0.6 is 0 Å². The molecule has 0 atom stereocenters. The third-order valence-corrected chi connectivity index (χ3v) is 4.04. The van der Waals surface area contributed by atoms with Gasteiger partial charge in [0.25, 0.3) is 0 Å². The third kappa shape index (κ3) is 4.68. The predicted molar refractivity (Wildman–Crippen MR) is 96.3 cm³/mol. The van der Waals surface area contributed by atoms with Crippen LogP contribution in [0, 0.1) is 31.0 Å². The Labute approximate surface area is 168 Å². The van der Waals surface area contributed by atoms with Crippen LogP contribution in [-0.2, 0) is 6.18 Å². The Balaban J connectivity index is 1.65. The molecule has 0 fully saturated rings. The molecule has 1 aromatic heterocycles. The summed E-state index contributed by atoms with van der Waals surface area (Å²) in [7, 11) is 0. The van der Waals surface area contributed by atoms with Crippen LogP contribution in [0.1, 0.15) is 22.6 Å². The van der Waals surface area contributed by atoms with Crippen LogP contribution in [0.3, 0.4) is 0 Å². The molecule has 30 heavy (non-hydrogen) atoms. The van der Waals surface area contributed by atoms with Crippen LogP contribution in [-0.4, -0.2) is 23.4 Å². The molecule has 10 heteroatoms. The van der Waals surface area contributed by atoms with E-state index in [4.69, 9.17) is 14.7 Å². The Morgan fingerprint density at radius 3 is 2.30 bits per heavy atom. The topological polar surface area (TPSA) is 81.2 Å². The number of ether oxygens (including phenoxy) is 2. The van der Waals surface area contributed by atoms with Gasteiger partial charge in [0.05, 0.1) is 11.6 Å². The second-order valence-electron chi connectivity index (χ2n) is 6.31. The molecule has 1 heterocycles. The number of nitriles is 1. The number of benzene rings is 2. The van der Waals surface area contributed by atoms with Crippen LogP contribution in [0.2, 0.25) is 0 Å². The highest BCUT2D eigenvalue weighted by atomic mass is 19.4. The summed E-state index contributed by atoms with van der Waals surface area (Å²) in [5.41, 5.74) is 1.83. The van der Waals surface area contributed by atoms with Crippen molar-refractivity contribution in [3.8, 4) is 29.0 Å². The normalized spacial score (nSPS) is 11.2. The number of hydrogen-bond donors (Lipinski definition) is 0. The summed E-state index contributed by atoms with van der Waals surface area (Å²) in [6.45, 7) is 3.58. The van der Waals surface area contributed by atoms with Gasteiger partial charge in [-0.15, -0.1) is 0 Å². The van der Waals surface area contributed by atoms with Crippen molar-refractivity contribution in [3.05, 3.63) is 58.7 Å². The van der Waals surface area contributed by atoms with Crippen molar-refractivity contribution in [1.29, 1.82) is 5.26 Å². The summed E-state index contributed by atoms with van der Waals surface area (Å²) < 4.78 is 66.9. The molecule has 6 nitrogen and oxygen atoms in total. The Morgan fingerprint density at radius 1 is 1.07 bits per heavy atom. The Kier molecular flexibility index (Phi) is 5.91. The van der Waals surface area contributed by atoms with Crippen molar-refractivity contribution < 1.29 is 31.6 Å². The lowest BCUT2D eigenvalue weighted by Crippen LogP contribution is -2.11. The molecule has 0 N–H and O–H groups in total. The SMILES string of the molecule is Cc1cc(-c2noc(C(F)(F)F)n2)cc(C)c1OCCOc1ccc(C#N)cc1F. The van der Waals surface area contributed by atoms with Gasteiger partial charge < -0.3 is 14.0 Å². The number of rotatable bonds is 6. The van der Waals surface area contributed by atoms with Crippen molar-refractivity contribution in [2.45, 2.75) is 20.0 Å². The van der Waals surface area contributed by atoms with Gasteiger partial charge in [-0.3, -0.25) is 0 Å². The Hall–Kier alpha value is -3.61. The first-order chi connectivity index (χ1) is 14.2. The summed E-state index contributed by atoms with van der Waals surface area (Å²) in [5.74, 6) is -1.73. The quantitative estimate of drug-likeness (QED) is 0.419. The van der Waals surface area contributed by atoms with Crippen molar-refractivity contribution in [2.24, 2.45) is 0 Å². The number of hydrogen-bond acceptors (Lipinski definition) is 6. The van der Waals surface area contributed by atoms with Gasteiger partial charge in [0.1, 0.15) is 19.0 Å². The van der Waals surface area contributed by atoms with E-state index in [0.29, 0.717) is 22.4 Å². The van der Waals surface area contributed by atoms with E-state index in [-0.39, 0.29) is 30.4 Å². The molecular weight excluding hydrogens is 406 g/mol. The van der Waals surface area contributed by atoms with Gasteiger partial charge in [-0.25, -0.2) is 4.39 Å². The number of aromatic nitrogens is 2. The molecule has 0 bridgehead atoms. The maximum atomic E-state index is 13.8. The number of aryl methyl sites for hydroxylation is 2. The summed E-state index contributed by atoms with van der Waals surface area (Å²) in [5, 5.41) is 12.1. The molecule has 156 valence electrons. The van der Waals surface area contributed by atoms with E-state index in [1.165, 1.54) is 12.1 Å². The van der Waals surface area contributed by atoms with Crippen molar-refractivity contribution in [2.75, 3.05) is 13.2 Å². The molecule has 0 spiro atoms. The molecule has 0 radical (unpaired) electrons. The van der Waals surface area contributed by atoms with Gasteiger partial charge in [-0.2, -0.15) is 23.4 Å². The molecule has 3 aromatic rings. The fraction of sp³-hybridized carbons (Fsp3) is 0.250. The molecule has 0 aliphatic heterocycles. The molecule has 0 unspecified atom stereocenters. The molecule has 0 saturated heterocycles. The first-order valence-electron chi connectivity index (χ1n) is 8.67. The van der Waals surface area contributed by atoms with E-state index in [9.17, 15) is 17.6 Å². The summed E-state index contributed by atoms with van der Waals surface area (Å²) >= 11 is 0. The molecule has 0 aliphatic rings. The molecule has 3 rings (SSSR count). The van der Waals surface area contributed by atoms with Gasteiger partial charge in [0, 0.05) is 5.56 Å². The zero-order valence-corrected chi connectivity index (χ0v) is 15.9. The fourth-order valence-electron chi connectivity index (χ4n) is 2.75. The lowest BCUT2D eigenvalue weighted by atomic mass is 10.1. The highest BCUT2D eigenvalue weighted by Gasteiger charge is 2.38. The Bertz CT molecular complexity index is 1080. The number of halogens is 4. The standard InChI is InChI=1S/C20H15F4N3O3/c1-11-7-14(18-26-19(30-27-18)20(22,23)24)8-12(2)17(11)29-6-5-28-16-4-3-13(10-25)9-15(16)21/h3-4,7-9H,5-6H2,1-2H3. The van der Waals surface area contributed by atoms with Gasteiger partial charge in [0.15, 0.2) is 11.6 Å². The lowest BCUT2D eigenvalue weighted by Gasteiger charge is -2.14. The first kappa shape index (κ1) is 21.1. The highest BCUT2D eigenvalue weighted by Crippen LogP contribution is 2.32. The van der Waals surface area contributed by atoms with Gasteiger partial charge in [-0.05, 0) is 55.3 Å². The summed E-state index contributed by atoms with van der Waals surface area (Å²) in [6.07, 6.45) is -4.72. The monoisotopic (exact) mass is 421 g/mol. The second-order valence-corrected chi connectivity index (χ2v) is 6.31. The minimum Gasteiger partial charge on any atom is -0.489 e. The zero-order valence-electron chi connectivity index (χ0n) is 15.9. The van der Waals surface area contributed by atoms with E-state index in [0.717, 1.165) is 6.07 Å². The van der Waals surface area contributed by atoms with E-state index in [1.54, 1.807) is 26.0 Å². The molecule has 0 amide bonds. The highest BCUT2D eigenvalue weighted by molar-refractivity contribution is 5.61. The number of alkyl halides is 3. The average molecular weight is 421 g/mol. The molecule has 0 saturated carbocycles. The average Bonchev–Trinajstić information content (AvgIpc) is 3.18. The zero-order chi connectivity index (χ0) is 21.9. The maximum absolute atomic E-state index is 13.8. The molecule has 2 aromatic carbocycles. The fourth-order valence-corrected chi connectivity index (χ4v) is 2.75. The van der Waals surface area contributed by atoms with Gasteiger partial charge >= 0.3 is 12.1 Å². The summed E-state index contributed by atoms with van der Waals surface area (Å²) in [6, 6.07) is 8.86. The Morgan fingerprint density at radius 2 is 1.73 bits per heavy atom. The van der Waals surface area contributed by atoms with E-state index in [1.807, 2.05) is 6.07 Å².